The van der Waals surface area contributed by atoms with E-state index in [9.17, 15) is 0 Å². The van der Waals surface area contributed by atoms with Crippen LogP contribution in [-0.4, -0.2) is 44.9 Å². The van der Waals surface area contributed by atoms with Crippen LogP contribution in [0, 0.1) is 62.3 Å². The molecule has 0 N–H and O–H groups in total. The SMILES string of the molecule is Cc1cc(-c2ccc(C(C)C)cc2)ccn1.Cc1cc(-c2cccc(C(C)C)c2)ccn1.Cc1cc(-c2ccccc2C(C)C)ccn1.Cc1ccc(-c2ccc(C(C)C)cc2)nc1.Cc1ccc(-c2cccc(C(C)C)c2)nc1.Cc1ccc(-c2ccccc2C(C)C)nc1.Cc1cnccc1-c1ccc(C(C)C)cc1.Cc1cnccc1-c1cccc(C(C)C)c1.Cc1cnccc1-c1ccccc1C(C)C. The Hall–Kier alpha value is -14.7. The fourth-order valence-corrected chi connectivity index (χ4v) is 16.5. The van der Waals surface area contributed by atoms with Crippen LogP contribution in [-0.2, 0) is 0 Å². The van der Waals surface area contributed by atoms with Crippen LogP contribution >= 0.6 is 0 Å². The van der Waals surface area contributed by atoms with Gasteiger partial charge in [0, 0.05) is 108 Å². The lowest BCUT2D eigenvalue weighted by Crippen LogP contribution is -1.93. The van der Waals surface area contributed by atoms with Gasteiger partial charge in [-0.25, -0.2) is 0 Å². The predicted molar refractivity (Wildman–Crippen MR) is 616 cm³/mol. The van der Waals surface area contributed by atoms with Gasteiger partial charge in [0.1, 0.15) is 0 Å². The second-order valence-electron chi connectivity index (χ2n) is 40.2. The van der Waals surface area contributed by atoms with E-state index < -0.39 is 0 Å². The molecule has 18 aromatic rings. The van der Waals surface area contributed by atoms with E-state index in [4.69, 9.17) is 0 Å². The second kappa shape index (κ2) is 56.2. The summed E-state index contributed by atoms with van der Waals surface area (Å²) in [5.74, 6) is 5.09. The Balaban J connectivity index is 0.000000166. The summed E-state index contributed by atoms with van der Waals surface area (Å²) >= 11 is 0. The molecular weight excluding hydrogens is 1750 g/mol. The van der Waals surface area contributed by atoms with Gasteiger partial charge in [-0.1, -0.05) is 355 Å². The van der Waals surface area contributed by atoms with Crippen molar-refractivity contribution < 1.29 is 0 Å². The third-order valence-electron chi connectivity index (χ3n) is 25.4. The molecule has 0 radical (unpaired) electrons. The summed E-state index contributed by atoms with van der Waals surface area (Å²) in [4.78, 5) is 38.4. The van der Waals surface area contributed by atoms with Crippen molar-refractivity contribution in [2.45, 2.75) is 240 Å². The van der Waals surface area contributed by atoms with Crippen molar-refractivity contribution in [3.8, 4) is 101 Å². The Morgan fingerprint density at radius 1 is 0.160 bits per heavy atom. The Morgan fingerprint density at radius 2 is 0.451 bits per heavy atom. The molecule has 9 nitrogen and oxygen atoms in total. The van der Waals surface area contributed by atoms with Crippen LogP contribution in [0.2, 0.25) is 0 Å². The zero-order valence-corrected chi connectivity index (χ0v) is 90.6. The Bertz CT molecular complexity index is 6930. The van der Waals surface area contributed by atoms with Gasteiger partial charge in [0.2, 0.25) is 0 Å². The molecule has 0 unspecified atom stereocenters. The molecule has 0 bridgehead atoms. The minimum absolute atomic E-state index is 0.527. The lowest BCUT2D eigenvalue weighted by atomic mass is 9.91. The van der Waals surface area contributed by atoms with Crippen molar-refractivity contribution in [3.63, 3.8) is 0 Å². The number of benzene rings is 9. The minimum atomic E-state index is 0.527. The number of aromatic nitrogens is 9. The average Bonchev–Trinajstić information content (AvgIpc) is 0.825. The first-order valence-electron chi connectivity index (χ1n) is 51.3. The standard InChI is InChI=1S/9C15H17N/c1-11(2)13-5-7-14(8-6-13)15-9-4-12(3)10-16-15;1-11(2)13-4-6-14(7-5-13)15-8-9-16-10-12(15)3;1-11(2)13-4-6-14(7-5-13)15-8-9-16-12(3)10-15;1-11(2)13-5-4-6-14(9-13)15-7-8-16-10-12(15)3;1-11(2)13-5-4-6-14(10-13)15-7-8-16-12(3)9-15;1-11(2)13-5-4-6-14(9-13)15-8-7-12(3)10-16-15;1-11(2)14-6-4-5-7-15(14)13-8-9-16-12(3)10-13;1-11(2)13-6-4-5-7-15(13)14-8-9-16-10-12(14)3;1-11(2)13-6-4-5-7-14(13)15-9-8-12(3)10-16-15/h9*4-11H,1-3H3. The molecule has 738 valence electrons. The van der Waals surface area contributed by atoms with E-state index in [1.54, 1.807) is 0 Å². The lowest BCUT2D eigenvalue weighted by molar-refractivity contribution is 0.867. The molecule has 9 heterocycles. The zero-order valence-electron chi connectivity index (χ0n) is 90.6. The number of aryl methyl sites for hydroxylation is 9. The predicted octanol–water partition coefficient (Wildman–Crippen LogP) is 37.6. The highest BCUT2D eigenvalue weighted by Crippen LogP contribution is 2.36. The topological polar surface area (TPSA) is 116 Å². The van der Waals surface area contributed by atoms with E-state index in [2.05, 4.69) is 520 Å². The van der Waals surface area contributed by atoms with Crippen molar-refractivity contribution in [1.82, 2.24) is 44.9 Å². The van der Waals surface area contributed by atoms with E-state index in [1.807, 2.05) is 95.1 Å². The van der Waals surface area contributed by atoms with Gasteiger partial charge in [-0.3, -0.25) is 44.9 Å². The van der Waals surface area contributed by atoms with Gasteiger partial charge in [0.05, 0.1) is 17.1 Å². The summed E-state index contributed by atoms with van der Waals surface area (Å²) < 4.78 is 0. The van der Waals surface area contributed by atoms with E-state index in [1.165, 1.54) is 167 Å². The molecule has 0 amide bonds. The molecule has 0 aliphatic carbocycles. The van der Waals surface area contributed by atoms with E-state index >= 15 is 0 Å². The molecular formula is C135H153N9. The summed E-state index contributed by atoms with van der Waals surface area (Å²) in [6.45, 7) is 58.5. The van der Waals surface area contributed by atoms with E-state index in [0.29, 0.717) is 53.3 Å². The molecule has 18 rings (SSSR count). The smallest absolute Gasteiger partial charge is 0.0705 e. The quantitative estimate of drug-likeness (QED) is 0.0828. The van der Waals surface area contributed by atoms with Gasteiger partial charge in [-0.2, -0.15) is 0 Å². The first-order valence-corrected chi connectivity index (χ1v) is 51.3. The average molecular weight is 1900 g/mol. The Kier molecular flexibility index (Phi) is 43.5. The van der Waals surface area contributed by atoms with Crippen LogP contribution in [0.3, 0.4) is 0 Å². The van der Waals surface area contributed by atoms with E-state index in [-0.39, 0.29) is 0 Å². The van der Waals surface area contributed by atoms with Crippen LogP contribution < -0.4 is 0 Å². The van der Waals surface area contributed by atoms with Crippen molar-refractivity contribution in [2.75, 3.05) is 0 Å². The van der Waals surface area contributed by atoms with E-state index in [0.717, 1.165) is 34.2 Å². The fraction of sp³-hybridized carbons (Fsp3) is 0.267. The van der Waals surface area contributed by atoms with Crippen molar-refractivity contribution in [3.05, 3.63) is 484 Å². The highest BCUT2D eigenvalue weighted by atomic mass is 14.7. The van der Waals surface area contributed by atoms with Crippen LogP contribution in [0.15, 0.2) is 384 Å². The van der Waals surface area contributed by atoms with Gasteiger partial charge in [-0.15, -0.1) is 0 Å². The Labute approximate surface area is 864 Å². The molecule has 0 atom stereocenters. The second-order valence-corrected chi connectivity index (χ2v) is 40.2. The highest BCUT2D eigenvalue weighted by molar-refractivity contribution is 5.74. The molecule has 0 saturated heterocycles. The summed E-state index contributed by atoms with van der Waals surface area (Å²) in [5.41, 5.74) is 45.0. The minimum Gasteiger partial charge on any atom is -0.264 e. The fourth-order valence-electron chi connectivity index (χ4n) is 16.5. The van der Waals surface area contributed by atoms with Crippen molar-refractivity contribution in [1.29, 1.82) is 0 Å². The maximum Gasteiger partial charge on any atom is 0.0705 e. The number of hydrogen-bond donors (Lipinski definition) is 0. The number of hydrogen-bond acceptors (Lipinski definition) is 9. The van der Waals surface area contributed by atoms with Gasteiger partial charge in [0.25, 0.3) is 0 Å². The summed E-state index contributed by atoms with van der Waals surface area (Å²) in [5, 5.41) is 0. The van der Waals surface area contributed by atoms with Gasteiger partial charge in [-0.05, 0) is 345 Å². The maximum atomic E-state index is 4.49. The molecule has 0 saturated carbocycles. The molecule has 9 aromatic carbocycles. The summed E-state index contributed by atoms with van der Waals surface area (Å²) in [7, 11) is 0. The van der Waals surface area contributed by atoms with Crippen LogP contribution in [0.1, 0.15) is 278 Å². The number of nitrogens with zero attached hydrogens (tertiary/aromatic N) is 9. The van der Waals surface area contributed by atoms with Gasteiger partial charge < -0.3 is 0 Å². The molecule has 9 heteroatoms. The van der Waals surface area contributed by atoms with Crippen LogP contribution in [0.4, 0.5) is 0 Å². The normalized spacial score (nSPS) is 10.8. The highest BCUT2D eigenvalue weighted by Gasteiger charge is 2.15. The molecule has 0 spiro atoms. The van der Waals surface area contributed by atoms with Crippen molar-refractivity contribution in [2.24, 2.45) is 0 Å². The van der Waals surface area contributed by atoms with Crippen molar-refractivity contribution >= 4 is 0 Å². The summed E-state index contributed by atoms with van der Waals surface area (Å²) in [6.07, 6.45) is 22.7. The van der Waals surface area contributed by atoms with Crippen LogP contribution in [0.5, 0.6) is 0 Å². The first-order chi connectivity index (χ1) is 69.1. The van der Waals surface area contributed by atoms with Gasteiger partial charge in [0.15, 0.2) is 0 Å². The van der Waals surface area contributed by atoms with Crippen LogP contribution in [0.25, 0.3) is 101 Å². The third-order valence-corrected chi connectivity index (χ3v) is 25.4. The Morgan fingerprint density at radius 3 is 0.840 bits per heavy atom. The summed E-state index contributed by atoms with van der Waals surface area (Å²) in [6, 6.07) is 109. The maximum absolute atomic E-state index is 4.49. The lowest BCUT2D eigenvalue weighted by Gasteiger charge is -2.14. The number of pyridine rings is 9. The number of rotatable bonds is 18. The largest absolute Gasteiger partial charge is 0.264 e. The van der Waals surface area contributed by atoms with Gasteiger partial charge >= 0.3 is 0 Å². The third kappa shape index (κ3) is 34.3. The molecule has 0 aliphatic rings. The first kappa shape index (κ1) is 111. The monoisotopic (exact) mass is 1900 g/mol. The molecule has 0 aliphatic heterocycles. The zero-order chi connectivity index (χ0) is 104. The molecule has 0 fully saturated rings. The molecule has 9 aromatic heterocycles. The molecule has 144 heavy (non-hydrogen) atoms.